The van der Waals surface area contributed by atoms with Crippen molar-refractivity contribution in [2.45, 2.75) is 19.9 Å². The van der Waals surface area contributed by atoms with Crippen molar-refractivity contribution in [3.8, 4) is 6.07 Å². The zero-order valence-corrected chi connectivity index (χ0v) is 11.2. The fraction of sp³-hybridized carbons (Fsp3) is 0.333. The number of amides is 1. The predicted octanol–water partition coefficient (Wildman–Crippen LogP) is 2.62. The van der Waals surface area contributed by atoms with Gasteiger partial charge >= 0.3 is 0 Å². The van der Waals surface area contributed by atoms with Crippen molar-refractivity contribution in [2.75, 3.05) is 6.54 Å². The summed E-state index contributed by atoms with van der Waals surface area (Å²) in [5.74, 6) is -0.556. The summed E-state index contributed by atoms with van der Waals surface area (Å²) in [5, 5.41) is 19.8. The van der Waals surface area contributed by atoms with E-state index in [2.05, 4.69) is 0 Å². The number of carbonyl (C=O) groups is 1. The third-order valence-electron chi connectivity index (χ3n) is 2.51. The fourth-order valence-corrected chi connectivity index (χ4v) is 1.72. The predicted molar refractivity (Wildman–Crippen MR) is 69.9 cm³/mol. The van der Waals surface area contributed by atoms with Crippen LogP contribution in [0.2, 0.25) is 5.02 Å². The smallest absolute Gasteiger partial charge is 0.283 e. The Hall–Kier alpha value is -2.13. The van der Waals surface area contributed by atoms with Gasteiger partial charge < -0.3 is 4.90 Å². The van der Waals surface area contributed by atoms with Gasteiger partial charge in [0.1, 0.15) is 12.1 Å². The average Bonchev–Trinajstić information content (AvgIpc) is 2.34. The lowest BCUT2D eigenvalue weighted by Crippen LogP contribution is -2.37. The highest BCUT2D eigenvalue weighted by Crippen LogP contribution is 2.25. The van der Waals surface area contributed by atoms with E-state index in [0.717, 1.165) is 6.07 Å². The van der Waals surface area contributed by atoms with Gasteiger partial charge in [0, 0.05) is 17.1 Å². The van der Waals surface area contributed by atoms with Crippen LogP contribution in [0.1, 0.15) is 24.2 Å². The van der Waals surface area contributed by atoms with E-state index in [1.807, 2.05) is 6.07 Å². The number of halogens is 1. The Bertz CT molecular complexity index is 552. The molecule has 0 heterocycles. The molecule has 0 N–H and O–H groups in total. The number of carbonyl (C=O) groups excluding carboxylic acids is 1. The summed E-state index contributed by atoms with van der Waals surface area (Å²) in [6, 6.07) is 5.47. The van der Waals surface area contributed by atoms with E-state index in [-0.39, 0.29) is 28.9 Å². The second-order valence-corrected chi connectivity index (χ2v) is 4.54. The SMILES string of the molecule is CC(C)N(CC#N)C(=O)c1ccc(Cl)cc1[N+](=O)[O-]. The second kappa shape index (κ2) is 6.16. The number of rotatable bonds is 4. The topological polar surface area (TPSA) is 87.2 Å². The first-order valence-corrected chi connectivity index (χ1v) is 5.88. The lowest BCUT2D eigenvalue weighted by molar-refractivity contribution is -0.385. The van der Waals surface area contributed by atoms with Gasteiger partial charge in [-0.3, -0.25) is 14.9 Å². The fourth-order valence-electron chi connectivity index (χ4n) is 1.56. The summed E-state index contributed by atoms with van der Waals surface area (Å²) in [6.45, 7) is 3.34. The Labute approximate surface area is 115 Å². The van der Waals surface area contributed by atoms with Crippen LogP contribution in [0.4, 0.5) is 5.69 Å². The Morgan fingerprint density at radius 1 is 1.58 bits per heavy atom. The van der Waals surface area contributed by atoms with E-state index in [1.54, 1.807) is 13.8 Å². The molecule has 1 amide bonds. The molecule has 0 spiro atoms. The molecule has 0 atom stereocenters. The molecule has 0 aliphatic carbocycles. The van der Waals surface area contributed by atoms with Crippen LogP contribution in [0, 0.1) is 21.4 Å². The maximum atomic E-state index is 12.2. The van der Waals surface area contributed by atoms with Gasteiger partial charge in [0.15, 0.2) is 0 Å². The summed E-state index contributed by atoms with van der Waals surface area (Å²) < 4.78 is 0. The van der Waals surface area contributed by atoms with Crippen LogP contribution in [0.25, 0.3) is 0 Å². The molecule has 0 bridgehead atoms. The number of nitro benzene ring substituents is 1. The normalized spacial score (nSPS) is 10.1. The number of nitriles is 1. The first kappa shape index (κ1) is 14.9. The van der Waals surface area contributed by atoms with Crippen molar-refractivity contribution in [3.63, 3.8) is 0 Å². The van der Waals surface area contributed by atoms with E-state index < -0.39 is 10.8 Å². The quantitative estimate of drug-likeness (QED) is 0.482. The molecule has 0 aliphatic heterocycles. The van der Waals surface area contributed by atoms with Gasteiger partial charge in [-0.15, -0.1) is 0 Å². The number of hydrogen-bond donors (Lipinski definition) is 0. The number of benzene rings is 1. The van der Waals surface area contributed by atoms with E-state index in [4.69, 9.17) is 16.9 Å². The highest BCUT2D eigenvalue weighted by atomic mass is 35.5. The number of hydrogen-bond acceptors (Lipinski definition) is 4. The van der Waals surface area contributed by atoms with Crippen LogP contribution < -0.4 is 0 Å². The highest BCUT2D eigenvalue weighted by molar-refractivity contribution is 6.31. The van der Waals surface area contributed by atoms with Crippen molar-refractivity contribution in [3.05, 3.63) is 38.9 Å². The Morgan fingerprint density at radius 3 is 2.68 bits per heavy atom. The maximum Gasteiger partial charge on any atom is 0.283 e. The van der Waals surface area contributed by atoms with E-state index in [9.17, 15) is 14.9 Å². The minimum Gasteiger partial charge on any atom is -0.323 e. The van der Waals surface area contributed by atoms with Crippen molar-refractivity contribution >= 4 is 23.2 Å². The van der Waals surface area contributed by atoms with Crippen LogP contribution in [0.5, 0.6) is 0 Å². The lowest BCUT2D eigenvalue weighted by Gasteiger charge is -2.23. The largest absolute Gasteiger partial charge is 0.323 e. The van der Waals surface area contributed by atoms with Crippen LogP contribution >= 0.6 is 11.6 Å². The first-order valence-electron chi connectivity index (χ1n) is 5.50. The zero-order valence-electron chi connectivity index (χ0n) is 10.5. The summed E-state index contributed by atoms with van der Waals surface area (Å²) >= 11 is 5.69. The third-order valence-corrected chi connectivity index (χ3v) is 2.75. The molecule has 0 saturated heterocycles. The lowest BCUT2D eigenvalue weighted by atomic mass is 10.1. The van der Waals surface area contributed by atoms with Crippen LogP contribution in [-0.2, 0) is 0 Å². The van der Waals surface area contributed by atoms with E-state index >= 15 is 0 Å². The van der Waals surface area contributed by atoms with Crippen LogP contribution in [-0.4, -0.2) is 28.3 Å². The molecule has 0 saturated carbocycles. The van der Waals surface area contributed by atoms with Crippen molar-refractivity contribution in [1.29, 1.82) is 5.26 Å². The van der Waals surface area contributed by atoms with Gasteiger partial charge in [-0.1, -0.05) is 11.6 Å². The Balaban J connectivity index is 3.25. The molecule has 0 aliphatic rings. The molecule has 100 valence electrons. The van der Waals surface area contributed by atoms with Gasteiger partial charge in [0.2, 0.25) is 0 Å². The van der Waals surface area contributed by atoms with Gasteiger partial charge in [0.05, 0.1) is 11.0 Å². The van der Waals surface area contributed by atoms with E-state index in [0.29, 0.717) is 0 Å². The van der Waals surface area contributed by atoms with Gasteiger partial charge in [-0.05, 0) is 26.0 Å². The van der Waals surface area contributed by atoms with Gasteiger partial charge in [-0.25, -0.2) is 0 Å². The zero-order chi connectivity index (χ0) is 14.6. The minimum atomic E-state index is -0.663. The average molecular weight is 282 g/mol. The molecule has 1 rings (SSSR count). The van der Waals surface area contributed by atoms with Crippen molar-refractivity contribution in [2.24, 2.45) is 0 Å². The third kappa shape index (κ3) is 3.42. The summed E-state index contributed by atoms with van der Waals surface area (Å²) in [5.41, 5.74) is -0.431. The molecule has 0 aromatic heterocycles. The molecular formula is C12H12ClN3O3. The minimum absolute atomic E-state index is 0.0710. The van der Waals surface area contributed by atoms with Crippen LogP contribution in [0.3, 0.4) is 0 Å². The van der Waals surface area contributed by atoms with Crippen molar-refractivity contribution < 1.29 is 9.72 Å². The maximum absolute atomic E-state index is 12.2. The number of nitro groups is 1. The Kier molecular flexibility index (Phi) is 4.84. The molecule has 7 heteroatoms. The molecule has 0 radical (unpaired) electrons. The molecule has 19 heavy (non-hydrogen) atoms. The van der Waals surface area contributed by atoms with E-state index in [1.165, 1.54) is 17.0 Å². The standard InChI is InChI=1S/C12H12ClN3O3/c1-8(2)15(6-5-14)12(17)10-4-3-9(13)7-11(10)16(18)19/h3-4,7-8H,6H2,1-2H3. The second-order valence-electron chi connectivity index (χ2n) is 4.10. The first-order chi connectivity index (χ1) is 8.88. The monoisotopic (exact) mass is 281 g/mol. The molecule has 0 unspecified atom stereocenters. The summed E-state index contributed by atoms with van der Waals surface area (Å²) in [7, 11) is 0. The number of nitrogens with zero attached hydrogens (tertiary/aromatic N) is 3. The summed E-state index contributed by atoms with van der Waals surface area (Å²) in [4.78, 5) is 23.8. The molecule has 6 nitrogen and oxygen atoms in total. The molecule has 1 aromatic carbocycles. The molecule has 1 aromatic rings. The summed E-state index contributed by atoms with van der Waals surface area (Å²) in [6.07, 6.45) is 0. The Morgan fingerprint density at radius 2 is 2.21 bits per heavy atom. The van der Waals surface area contributed by atoms with Gasteiger partial charge in [-0.2, -0.15) is 5.26 Å². The highest BCUT2D eigenvalue weighted by Gasteiger charge is 2.26. The molecular weight excluding hydrogens is 270 g/mol. The van der Waals surface area contributed by atoms with Gasteiger partial charge in [0.25, 0.3) is 11.6 Å². The van der Waals surface area contributed by atoms with Crippen molar-refractivity contribution in [1.82, 2.24) is 4.90 Å². The van der Waals surface area contributed by atoms with Crippen LogP contribution in [0.15, 0.2) is 18.2 Å². The molecule has 0 fully saturated rings.